The third-order valence-electron chi connectivity index (χ3n) is 3.19. The zero-order valence-corrected chi connectivity index (χ0v) is 11.7. The number of carbonyl (C=O) groups excluding carboxylic acids is 1. The second kappa shape index (κ2) is 4.30. The first-order chi connectivity index (χ1) is 8.28. The molecule has 1 amide bonds. The molecule has 0 radical (unpaired) electrons. The lowest BCUT2D eigenvalue weighted by atomic mass is 10.1. The smallest absolute Gasteiger partial charge is 0.410 e. The number of carbonyl (C=O) groups is 1. The Hall–Kier alpha value is -1.52. The van der Waals surface area contributed by atoms with Crippen LogP contribution in [0.3, 0.4) is 0 Å². The second-order valence-corrected chi connectivity index (χ2v) is 5.86. The Kier molecular flexibility index (Phi) is 3.09. The lowest BCUT2D eigenvalue weighted by Gasteiger charge is -2.40. The summed E-state index contributed by atoms with van der Waals surface area (Å²) >= 11 is 0. The minimum Gasteiger partial charge on any atom is -0.444 e. The van der Waals surface area contributed by atoms with E-state index in [1.165, 1.54) is 5.69 Å². The highest BCUT2D eigenvalue weighted by atomic mass is 16.6. The molecule has 1 aromatic heterocycles. The van der Waals surface area contributed by atoms with E-state index >= 15 is 0 Å². The molecule has 1 aromatic rings. The third-order valence-corrected chi connectivity index (χ3v) is 3.19. The number of aryl methyl sites for hydroxylation is 1. The van der Waals surface area contributed by atoms with Crippen LogP contribution in [0.4, 0.5) is 4.79 Å². The molecular weight excluding hydrogens is 230 g/mol. The highest BCUT2D eigenvalue weighted by Crippen LogP contribution is 2.25. The van der Waals surface area contributed by atoms with Crippen molar-refractivity contribution in [1.29, 1.82) is 0 Å². The van der Waals surface area contributed by atoms with E-state index in [1.54, 1.807) is 4.90 Å². The molecule has 0 bridgehead atoms. The first kappa shape index (κ1) is 12.9. The van der Waals surface area contributed by atoms with E-state index in [4.69, 9.17) is 4.74 Å². The number of nitrogens with zero attached hydrogens (tertiary/aromatic N) is 3. The van der Waals surface area contributed by atoms with E-state index in [1.807, 2.05) is 34.0 Å². The lowest BCUT2D eigenvalue weighted by Crippen LogP contribution is -2.52. The summed E-state index contributed by atoms with van der Waals surface area (Å²) in [5, 5.41) is 0. The number of hydrogen-bond acceptors (Lipinski definition) is 3. The molecule has 100 valence electrons. The van der Waals surface area contributed by atoms with Crippen molar-refractivity contribution < 1.29 is 9.53 Å². The van der Waals surface area contributed by atoms with Crippen LogP contribution >= 0.6 is 0 Å². The maximum atomic E-state index is 11.8. The Bertz CT molecular complexity index is 453. The fourth-order valence-corrected chi connectivity index (χ4v) is 1.99. The largest absolute Gasteiger partial charge is 0.444 e. The maximum Gasteiger partial charge on any atom is 0.410 e. The van der Waals surface area contributed by atoms with Crippen molar-refractivity contribution in [1.82, 2.24) is 14.5 Å². The Morgan fingerprint density at radius 1 is 1.39 bits per heavy atom. The normalized spacial score (nSPS) is 16.6. The summed E-state index contributed by atoms with van der Waals surface area (Å²) in [7, 11) is 0. The predicted molar refractivity (Wildman–Crippen MR) is 68.5 cm³/mol. The molecule has 18 heavy (non-hydrogen) atoms. The van der Waals surface area contributed by atoms with Crippen molar-refractivity contribution in [3.8, 4) is 0 Å². The number of likely N-dealkylation sites (tertiary alicyclic amines) is 1. The van der Waals surface area contributed by atoms with E-state index in [2.05, 4.69) is 16.5 Å². The van der Waals surface area contributed by atoms with Gasteiger partial charge in [0.2, 0.25) is 0 Å². The van der Waals surface area contributed by atoms with Gasteiger partial charge in [-0.2, -0.15) is 0 Å². The summed E-state index contributed by atoms with van der Waals surface area (Å²) in [5.41, 5.74) is 1.79. The van der Waals surface area contributed by atoms with Crippen molar-refractivity contribution in [3.63, 3.8) is 0 Å². The van der Waals surface area contributed by atoms with Gasteiger partial charge in [0.1, 0.15) is 5.60 Å². The average molecular weight is 251 g/mol. The topological polar surface area (TPSA) is 47.4 Å². The first-order valence-electron chi connectivity index (χ1n) is 6.26. The standard InChI is InChI=1S/C13H21N3O2/c1-9-10(2)16(8-14-9)11-6-15(7-11)12(17)18-13(3,4)5/h8,11H,6-7H2,1-5H3. The molecule has 1 saturated heterocycles. The molecule has 1 aliphatic heterocycles. The quantitative estimate of drug-likeness (QED) is 0.769. The molecular formula is C13H21N3O2. The van der Waals surface area contributed by atoms with Crippen molar-refractivity contribution in [2.75, 3.05) is 13.1 Å². The summed E-state index contributed by atoms with van der Waals surface area (Å²) in [5.74, 6) is 0. The van der Waals surface area contributed by atoms with Gasteiger partial charge >= 0.3 is 6.09 Å². The number of ether oxygens (including phenoxy) is 1. The van der Waals surface area contributed by atoms with Crippen LogP contribution < -0.4 is 0 Å². The molecule has 0 atom stereocenters. The molecule has 0 saturated carbocycles. The molecule has 5 heteroatoms. The summed E-state index contributed by atoms with van der Waals surface area (Å²) in [6, 6.07) is 0.332. The van der Waals surface area contributed by atoms with E-state index in [-0.39, 0.29) is 6.09 Å². The van der Waals surface area contributed by atoms with Gasteiger partial charge in [0.05, 0.1) is 18.1 Å². The maximum absolute atomic E-state index is 11.8. The van der Waals surface area contributed by atoms with Gasteiger partial charge in [0.15, 0.2) is 0 Å². The number of amides is 1. The number of imidazole rings is 1. The van der Waals surface area contributed by atoms with Crippen LogP contribution in [-0.2, 0) is 4.74 Å². The number of hydrogen-bond donors (Lipinski definition) is 0. The van der Waals surface area contributed by atoms with Gasteiger partial charge < -0.3 is 14.2 Å². The van der Waals surface area contributed by atoms with Gasteiger partial charge in [-0.05, 0) is 34.6 Å². The Morgan fingerprint density at radius 3 is 2.44 bits per heavy atom. The molecule has 0 aromatic carbocycles. The summed E-state index contributed by atoms with van der Waals surface area (Å²) < 4.78 is 7.46. The summed E-state index contributed by atoms with van der Waals surface area (Å²) in [6.07, 6.45) is 1.62. The van der Waals surface area contributed by atoms with Crippen LogP contribution in [0.15, 0.2) is 6.33 Å². The molecule has 0 aliphatic carbocycles. The summed E-state index contributed by atoms with van der Waals surface area (Å²) in [4.78, 5) is 17.8. The molecule has 0 spiro atoms. The Morgan fingerprint density at radius 2 is 2.00 bits per heavy atom. The van der Waals surface area contributed by atoms with Crippen LogP contribution in [0, 0.1) is 13.8 Å². The SMILES string of the molecule is Cc1ncn(C2CN(C(=O)OC(C)(C)C)C2)c1C. The Labute approximate surface area is 108 Å². The van der Waals surface area contributed by atoms with Crippen LogP contribution in [0.5, 0.6) is 0 Å². The minimum atomic E-state index is -0.427. The van der Waals surface area contributed by atoms with Crippen molar-refractivity contribution in [3.05, 3.63) is 17.7 Å². The zero-order valence-electron chi connectivity index (χ0n) is 11.7. The van der Waals surface area contributed by atoms with Gasteiger partial charge in [0.25, 0.3) is 0 Å². The van der Waals surface area contributed by atoms with Crippen LogP contribution in [-0.4, -0.2) is 39.2 Å². The van der Waals surface area contributed by atoms with Crippen LogP contribution in [0.2, 0.25) is 0 Å². The second-order valence-electron chi connectivity index (χ2n) is 5.86. The van der Waals surface area contributed by atoms with Crippen molar-refractivity contribution >= 4 is 6.09 Å². The average Bonchev–Trinajstić information content (AvgIpc) is 2.44. The van der Waals surface area contributed by atoms with E-state index in [0.29, 0.717) is 19.1 Å². The zero-order chi connectivity index (χ0) is 13.5. The van der Waals surface area contributed by atoms with Crippen LogP contribution in [0.1, 0.15) is 38.2 Å². The van der Waals surface area contributed by atoms with Crippen molar-refractivity contribution in [2.45, 2.75) is 46.3 Å². The van der Waals surface area contributed by atoms with Gasteiger partial charge in [-0.15, -0.1) is 0 Å². The molecule has 0 N–H and O–H groups in total. The lowest BCUT2D eigenvalue weighted by molar-refractivity contribution is 0.000836. The monoisotopic (exact) mass is 251 g/mol. The fourth-order valence-electron chi connectivity index (χ4n) is 1.99. The number of rotatable bonds is 1. The highest BCUT2D eigenvalue weighted by molar-refractivity contribution is 5.69. The van der Waals surface area contributed by atoms with Crippen molar-refractivity contribution in [2.24, 2.45) is 0 Å². The Balaban J connectivity index is 1.91. The van der Waals surface area contributed by atoms with E-state index in [9.17, 15) is 4.79 Å². The van der Waals surface area contributed by atoms with E-state index in [0.717, 1.165) is 5.69 Å². The van der Waals surface area contributed by atoms with Crippen LogP contribution in [0.25, 0.3) is 0 Å². The molecule has 1 aliphatic rings. The first-order valence-corrected chi connectivity index (χ1v) is 6.26. The van der Waals surface area contributed by atoms with Gasteiger partial charge in [-0.1, -0.05) is 0 Å². The summed E-state index contributed by atoms with van der Waals surface area (Å²) in [6.45, 7) is 11.1. The molecule has 2 heterocycles. The number of aromatic nitrogens is 2. The fraction of sp³-hybridized carbons (Fsp3) is 0.692. The van der Waals surface area contributed by atoms with Gasteiger partial charge in [0, 0.05) is 18.8 Å². The van der Waals surface area contributed by atoms with Gasteiger partial charge in [-0.25, -0.2) is 9.78 Å². The minimum absolute atomic E-state index is 0.228. The molecule has 0 unspecified atom stereocenters. The molecule has 5 nitrogen and oxygen atoms in total. The van der Waals surface area contributed by atoms with E-state index < -0.39 is 5.60 Å². The third kappa shape index (κ3) is 2.49. The highest BCUT2D eigenvalue weighted by Gasteiger charge is 2.35. The van der Waals surface area contributed by atoms with Gasteiger partial charge in [-0.3, -0.25) is 0 Å². The molecule has 2 rings (SSSR count). The predicted octanol–water partition coefficient (Wildman–Crippen LogP) is 2.29. The molecule has 1 fully saturated rings.